The fourth-order valence-electron chi connectivity index (χ4n) is 3.82. The molecule has 1 amide bonds. The number of alkyl halides is 1. The van der Waals surface area contributed by atoms with E-state index in [0.29, 0.717) is 12.6 Å². The van der Waals surface area contributed by atoms with Crippen LogP contribution in [0.5, 0.6) is 0 Å². The Morgan fingerprint density at radius 3 is 2.46 bits per heavy atom. The fourth-order valence-corrected chi connectivity index (χ4v) is 3.82. The number of aryl methyl sites for hydroxylation is 1. The highest BCUT2D eigenvalue weighted by molar-refractivity contribution is 6.15. The molecular weight excluding hydrogens is 324 g/mol. The number of halogens is 1. The van der Waals surface area contributed by atoms with Gasteiger partial charge in [-0.15, -0.1) is 11.6 Å². The third-order valence-corrected chi connectivity index (χ3v) is 5.15. The molecule has 1 aliphatic heterocycles. The van der Waals surface area contributed by atoms with Crippen molar-refractivity contribution in [2.24, 2.45) is 5.92 Å². The molecule has 0 radical (unpaired) electrons. The summed E-state index contributed by atoms with van der Waals surface area (Å²) >= 11 is 4.64. The Morgan fingerprint density at radius 1 is 1.38 bits per heavy atom. The van der Waals surface area contributed by atoms with Crippen LogP contribution in [0.3, 0.4) is 0 Å². The molecule has 2 atom stereocenters. The predicted molar refractivity (Wildman–Crippen MR) is 101 cm³/mol. The molecule has 1 aliphatic rings. The predicted octanol–water partition coefficient (Wildman–Crippen LogP) is 4.41. The van der Waals surface area contributed by atoms with Crippen LogP contribution in [0.2, 0.25) is 0 Å². The maximum atomic E-state index is 11.9. The van der Waals surface area contributed by atoms with Crippen molar-refractivity contribution in [1.82, 2.24) is 9.80 Å². The molecule has 1 aromatic rings. The van der Waals surface area contributed by atoms with Crippen LogP contribution >= 0.6 is 11.6 Å². The zero-order valence-electron chi connectivity index (χ0n) is 15.7. The number of hydrogen-bond donors (Lipinski definition) is 1. The molecule has 24 heavy (non-hydrogen) atoms. The van der Waals surface area contributed by atoms with E-state index in [0.717, 1.165) is 18.4 Å². The minimum absolute atomic E-state index is 0.216. The van der Waals surface area contributed by atoms with Gasteiger partial charge in [-0.05, 0) is 45.3 Å². The number of carboxylic acid groups (broad SMARTS) is 1. The highest BCUT2D eigenvalue weighted by Gasteiger charge is 2.48. The fraction of sp³-hybridized carbons (Fsp3) is 0.632. The molecule has 4 nitrogen and oxygen atoms in total. The van der Waals surface area contributed by atoms with E-state index in [4.69, 9.17) is 0 Å². The number of rotatable bonds is 3. The van der Waals surface area contributed by atoms with Crippen molar-refractivity contribution in [3.8, 4) is 0 Å². The molecule has 1 saturated heterocycles. The van der Waals surface area contributed by atoms with Crippen molar-refractivity contribution in [2.45, 2.75) is 45.2 Å². The molecule has 1 N–H and O–H groups in total. The molecular formula is C19H31ClN2O2. The van der Waals surface area contributed by atoms with Crippen LogP contribution in [0, 0.1) is 12.8 Å². The Labute approximate surface area is 151 Å². The van der Waals surface area contributed by atoms with Gasteiger partial charge in [0.05, 0.1) is 5.54 Å². The van der Waals surface area contributed by atoms with Gasteiger partial charge in [0.15, 0.2) is 0 Å². The first-order chi connectivity index (χ1) is 11.3. The van der Waals surface area contributed by atoms with Gasteiger partial charge in [-0.1, -0.05) is 43.7 Å². The number of amides is 1. The Bertz CT molecular complexity index is 548. The van der Waals surface area contributed by atoms with Crippen LogP contribution in [0.15, 0.2) is 24.3 Å². The minimum Gasteiger partial charge on any atom is -0.465 e. The van der Waals surface area contributed by atoms with E-state index in [-0.39, 0.29) is 5.92 Å². The number of carbonyl (C=O) groups is 1. The average Bonchev–Trinajstić information content (AvgIpc) is 2.55. The van der Waals surface area contributed by atoms with E-state index in [1.165, 1.54) is 11.9 Å². The number of likely N-dealkylation sites (tertiary alicyclic amines) is 1. The van der Waals surface area contributed by atoms with E-state index in [1.54, 1.807) is 4.90 Å². The van der Waals surface area contributed by atoms with Gasteiger partial charge in [-0.2, -0.15) is 0 Å². The average molecular weight is 355 g/mol. The molecule has 0 bridgehead atoms. The molecule has 0 spiro atoms. The smallest absolute Gasteiger partial charge is 0.408 e. The van der Waals surface area contributed by atoms with Crippen LogP contribution in [0.25, 0.3) is 0 Å². The van der Waals surface area contributed by atoms with E-state index in [9.17, 15) is 9.90 Å². The van der Waals surface area contributed by atoms with Crippen LogP contribution in [0.1, 0.15) is 37.8 Å². The minimum atomic E-state index is -0.813. The molecule has 0 aromatic heterocycles. The number of benzene rings is 1. The molecule has 2 rings (SSSR count). The molecule has 5 heteroatoms. The zero-order chi connectivity index (χ0) is 18.5. The van der Waals surface area contributed by atoms with Gasteiger partial charge in [-0.25, -0.2) is 4.79 Å². The van der Waals surface area contributed by atoms with Gasteiger partial charge < -0.3 is 10.0 Å². The molecule has 1 heterocycles. The van der Waals surface area contributed by atoms with E-state index in [1.807, 2.05) is 6.07 Å². The van der Waals surface area contributed by atoms with E-state index in [2.05, 4.69) is 69.6 Å². The summed E-state index contributed by atoms with van der Waals surface area (Å²) < 4.78 is 0. The van der Waals surface area contributed by atoms with E-state index >= 15 is 0 Å². The van der Waals surface area contributed by atoms with Crippen LogP contribution in [-0.4, -0.2) is 54.1 Å². The molecule has 1 fully saturated rings. The lowest BCUT2D eigenvalue weighted by atomic mass is 9.71. The second-order valence-corrected chi connectivity index (χ2v) is 6.99. The number of hydrogen-bond acceptors (Lipinski definition) is 2. The maximum absolute atomic E-state index is 11.9. The molecule has 0 aliphatic carbocycles. The lowest BCUT2D eigenvalue weighted by Gasteiger charge is -2.52. The third-order valence-electron chi connectivity index (χ3n) is 5.15. The van der Waals surface area contributed by atoms with Crippen molar-refractivity contribution in [3.05, 3.63) is 35.4 Å². The van der Waals surface area contributed by atoms with Gasteiger partial charge >= 0.3 is 6.09 Å². The summed E-state index contributed by atoms with van der Waals surface area (Å²) in [5, 5.41) is 9.79. The lowest BCUT2D eigenvalue weighted by molar-refractivity contribution is -0.0150. The first kappa shape index (κ1) is 20.8. The number of nitrogens with zero attached hydrogens (tertiary/aromatic N) is 2. The second kappa shape index (κ2) is 8.72. The van der Waals surface area contributed by atoms with Gasteiger partial charge in [0.1, 0.15) is 0 Å². The van der Waals surface area contributed by atoms with Crippen molar-refractivity contribution in [1.29, 1.82) is 0 Å². The highest BCUT2D eigenvalue weighted by atomic mass is 35.5. The first-order valence-electron chi connectivity index (χ1n) is 8.41. The summed E-state index contributed by atoms with van der Waals surface area (Å²) in [6.07, 6.45) is 2.39. The zero-order valence-corrected chi connectivity index (χ0v) is 16.5. The van der Waals surface area contributed by atoms with E-state index < -0.39 is 11.6 Å². The van der Waals surface area contributed by atoms with Crippen molar-refractivity contribution in [2.75, 3.05) is 27.0 Å². The van der Waals surface area contributed by atoms with Gasteiger partial charge in [0, 0.05) is 19.0 Å². The number of piperidine rings is 1. The quantitative estimate of drug-likeness (QED) is 0.818. The van der Waals surface area contributed by atoms with Crippen LogP contribution in [-0.2, 0) is 5.54 Å². The summed E-state index contributed by atoms with van der Waals surface area (Å²) in [6, 6.07) is 8.73. The summed E-state index contributed by atoms with van der Waals surface area (Å²) in [6.45, 7) is 6.92. The van der Waals surface area contributed by atoms with Crippen molar-refractivity contribution in [3.63, 3.8) is 0 Å². The van der Waals surface area contributed by atoms with Crippen LogP contribution in [0.4, 0.5) is 4.79 Å². The largest absolute Gasteiger partial charge is 0.465 e. The Kier molecular flexibility index (Phi) is 7.56. The van der Waals surface area contributed by atoms with Crippen molar-refractivity contribution >= 4 is 17.7 Å². The Hall–Kier alpha value is -1.26. The first-order valence-corrected chi connectivity index (χ1v) is 9.16. The summed E-state index contributed by atoms with van der Waals surface area (Å²) in [4.78, 5) is 15.8. The second-order valence-electron chi connectivity index (χ2n) is 6.99. The summed E-state index contributed by atoms with van der Waals surface area (Å²) in [5.74, 6) is 0.216. The molecule has 2 unspecified atom stereocenters. The Balaban J connectivity index is 0.00000139. The monoisotopic (exact) mass is 354 g/mol. The molecule has 1 aromatic carbocycles. The van der Waals surface area contributed by atoms with Crippen LogP contribution < -0.4 is 0 Å². The van der Waals surface area contributed by atoms with Gasteiger partial charge in [0.2, 0.25) is 0 Å². The SMILES string of the molecule is CCl.Cc1cccc(C2(C(C)C)CC(N(C)C)CCN2C(=O)O)c1. The summed E-state index contributed by atoms with van der Waals surface area (Å²) in [7, 11) is 4.17. The normalized spacial score (nSPS) is 23.9. The molecule has 136 valence electrons. The standard InChI is InChI=1S/C18H28N2O2.CH3Cl/c1-13(2)18(15-8-6-7-14(3)11-15)12-16(19(4)5)9-10-20(18)17(21)22;1-2/h6-8,11,13,16H,9-10,12H2,1-5H3,(H,21,22);1H3. The van der Waals surface area contributed by atoms with Gasteiger partial charge in [0.25, 0.3) is 0 Å². The maximum Gasteiger partial charge on any atom is 0.408 e. The topological polar surface area (TPSA) is 43.8 Å². The highest BCUT2D eigenvalue weighted by Crippen LogP contribution is 2.44. The summed E-state index contributed by atoms with van der Waals surface area (Å²) in [5.41, 5.74) is 1.84. The lowest BCUT2D eigenvalue weighted by Crippen LogP contribution is -2.59. The van der Waals surface area contributed by atoms with Crippen molar-refractivity contribution < 1.29 is 9.90 Å². The molecule has 0 saturated carbocycles. The Morgan fingerprint density at radius 2 is 2.00 bits per heavy atom. The van der Waals surface area contributed by atoms with Gasteiger partial charge in [-0.3, -0.25) is 4.90 Å². The third kappa shape index (κ3) is 4.04.